The van der Waals surface area contributed by atoms with Gasteiger partial charge < -0.3 is 19.4 Å². The van der Waals surface area contributed by atoms with Crippen LogP contribution in [0.1, 0.15) is 70.3 Å². The van der Waals surface area contributed by atoms with Gasteiger partial charge in [-0.25, -0.2) is 0 Å². The topological polar surface area (TPSA) is 54.7 Å². The Hall–Kier alpha value is -1.33. The van der Waals surface area contributed by atoms with Gasteiger partial charge in [0, 0.05) is 31.5 Å². The van der Waals surface area contributed by atoms with Crippen LogP contribution in [0.25, 0.3) is 0 Å². The van der Waals surface area contributed by atoms with E-state index in [1.54, 1.807) is 0 Å². The molecule has 1 spiro atoms. The molecule has 0 aliphatic carbocycles. The molecule has 1 aromatic heterocycles. The average molecular weight is 377 g/mol. The Morgan fingerprint density at radius 3 is 2.63 bits per heavy atom. The van der Waals surface area contributed by atoms with Crippen LogP contribution < -0.4 is 5.32 Å². The second-order valence-electron chi connectivity index (χ2n) is 8.84. The van der Waals surface area contributed by atoms with Crippen molar-refractivity contribution in [2.24, 2.45) is 5.92 Å². The average Bonchev–Trinajstić information content (AvgIpc) is 3.26. The highest BCUT2D eigenvalue weighted by Crippen LogP contribution is 2.39. The molecule has 3 rings (SSSR count). The number of ether oxygens (including phenoxy) is 1. The first kappa shape index (κ1) is 20.4. The van der Waals surface area contributed by atoms with E-state index in [0.29, 0.717) is 12.5 Å². The van der Waals surface area contributed by atoms with Gasteiger partial charge in [-0.05, 0) is 57.7 Å². The van der Waals surface area contributed by atoms with E-state index in [1.165, 1.54) is 0 Å². The molecule has 2 aliphatic heterocycles. The molecule has 1 amide bonds. The zero-order chi connectivity index (χ0) is 19.4. The molecule has 0 radical (unpaired) electrons. The Morgan fingerprint density at radius 1 is 1.26 bits per heavy atom. The Balaban J connectivity index is 1.38. The quantitative estimate of drug-likeness (QED) is 0.785. The molecule has 1 aromatic rings. The summed E-state index contributed by atoms with van der Waals surface area (Å²) < 4.78 is 12.2. The van der Waals surface area contributed by atoms with Crippen molar-refractivity contribution >= 4 is 5.91 Å². The van der Waals surface area contributed by atoms with Gasteiger partial charge in [-0.15, -0.1) is 0 Å². The molecule has 152 valence electrons. The van der Waals surface area contributed by atoms with Crippen LogP contribution in [0.3, 0.4) is 0 Å². The SMILES string of the molecule is Cc1ccc(C(C)CCN2CCC3(CCC(CNC(=O)C(C)C)O3)CC2)o1. The fourth-order valence-corrected chi connectivity index (χ4v) is 4.25. The van der Waals surface area contributed by atoms with Crippen LogP contribution in [-0.4, -0.2) is 48.7 Å². The Kier molecular flexibility index (Phi) is 6.64. The van der Waals surface area contributed by atoms with Gasteiger partial charge in [0.05, 0.1) is 11.7 Å². The summed E-state index contributed by atoms with van der Waals surface area (Å²) in [5.74, 6) is 2.72. The van der Waals surface area contributed by atoms with Crippen LogP contribution in [0.5, 0.6) is 0 Å². The van der Waals surface area contributed by atoms with E-state index < -0.39 is 0 Å². The molecule has 1 N–H and O–H groups in total. The van der Waals surface area contributed by atoms with Gasteiger partial charge in [-0.2, -0.15) is 0 Å². The first-order valence-corrected chi connectivity index (χ1v) is 10.6. The number of amides is 1. The van der Waals surface area contributed by atoms with Crippen molar-refractivity contribution in [3.63, 3.8) is 0 Å². The number of piperidine rings is 1. The normalized spacial score (nSPS) is 23.8. The number of hydrogen-bond donors (Lipinski definition) is 1. The summed E-state index contributed by atoms with van der Waals surface area (Å²) in [4.78, 5) is 14.3. The molecule has 2 atom stereocenters. The van der Waals surface area contributed by atoms with Gasteiger partial charge in [-0.3, -0.25) is 4.79 Å². The second kappa shape index (κ2) is 8.78. The minimum absolute atomic E-state index is 0.0380. The number of hydrogen-bond acceptors (Lipinski definition) is 4. The molecule has 0 saturated carbocycles. The van der Waals surface area contributed by atoms with Gasteiger partial charge in [0.25, 0.3) is 0 Å². The number of furan rings is 1. The molecule has 2 saturated heterocycles. The van der Waals surface area contributed by atoms with Crippen LogP contribution in [0.4, 0.5) is 0 Å². The zero-order valence-electron chi connectivity index (χ0n) is 17.4. The molecule has 5 nitrogen and oxygen atoms in total. The highest BCUT2D eigenvalue weighted by Gasteiger charge is 2.42. The molecule has 5 heteroatoms. The minimum Gasteiger partial charge on any atom is -0.466 e. The number of likely N-dealkylation sites (tertiary alicyclic amines) is 1. The minimum atomic E-state index is 0.0380. The van der Waals surface area contributed by atoms with Crippen molar-refractivity contribution in [3.05, 3.63) is 23.7 Å². The zero-order valence-corrected chi connectivity index (χ0v) is 17.4. The van der Waals surface area contributed by atoms with E-state index >= 15 is 0 Å². The number of nitrogens with zero attached hydrogens (tertiary/aromatic N) is 1. The lowest BCUT2D eigenvalue weighted by atomic mass is 9.88. The fraction of sp³-hybridized carbons (Fsp3) is 0.773. The van der Waals surface area contributed by atoms with E-state index in [0.717, 1.165) is 63.3 Å². The summed E-state index contributed by atoms with van der Waals surface area (Å²) in [6, 6.07) is 4.16. The lowest BCUT2D eigenvalue weighted by Crippen LogP contribution is -2.45. The number of carbonyl (C=O) groups excluding carboxylic acids is 1. The van der Waals surface area contributed by atoms with E-state index in [1.807, 2.05) is 26.8 Å². The van der Waals surface area contributed by atoms with Crippen molar-refractivity contribution in [2.75, 3.05) is 26.2 Å². The Labute approximate surface area is 163 Å². The molecule has 0 bridgehead atoms. The lowest BCUT2D eigenvalue weighted by molar-refractivity contribution is -0.125. The van der Waals surface area contributed by atoms with Gasteiger partial charge in [-0.1, -0.05) is 20.8 Å². The van der Waals surface area contributed by atoms with Crippen molar-refractivity contribution in [3.8, 4) is 0 Å². The fourth-order valence-electron chi connectivity index (χ4n) is 4.25. The Bertz CT molecular complexity index is 617. The molecule has 3 heterocycles. The number of carbonyl (C=O) groups is 1. The van der Waals surface area contributed by atoms with Crippen LogP contribution in [0.2, 0.25) is 0 Å². The first-order chi connectivity index (χ1) is 12.9. The van der Waals surface area contributed by atoms with Crippen molar-refractivity contribution < 1.29 is 13.9 Å². The highest BCUT2D eigenvalue weighted by molar-refractivity contribution is 5.77. The maximum Gasteiger partial charge on any atom is 0.222 e. The molecule has 2 fully saturated rings. The molecule has 0 aromatic carbocycles. The van der Waals surface area contributed by atoms with Gasteiger partial charge >= 0.3 is 0 Å². The maximum atomic E-state index is 11.8. The van der Waals surface area contributed by atoms with E-state index in [9.17, 15) is 4.79 Å². The summed E-state index contributed by atoms with van der Waals surface area (Å²) in [5.41, 5.74) is 0.0491. The molecule has 27 heavy (non-hydrogen) atoms. The molecular weight excluding hydrogens is 340 g/mol. The van der Waals surface area contributed by atoms with E-state index in [2.05, 4.69) is 23.2 Å². The first-order valence-electron chi connectivity index (χ1n) is 10.6. The van der Waals surface area contributed by atoms with Crippen molar-refractivity contribution in [1.29, 1.82) is 0 Å². The van der Waals surface area contributed by atoms with Crippen molar-refractivity contribution in [2.45, 2.75) is 77.4 Å². The monoisotopic (exact) mass is 376 g/mol. The summed E-state index contributed by atoms with van der Waals surface area (Å²) in [6.45, 7) is 12.1. The summed E-state index contributed by atoms with van der Waals surface area (Å²) in [7, 11) is 0. The van der Waals surface area contributed by atoms with Crippen LogP contribution >= 0.6 is 0 Å². The van der Waals surface area contributed by atoms with E-state index in [-0.39, 0.29) is 23.5 Å². The Morgan fingerprint density at radius 2 is 2.00 bits per heavy atom. The van der Waals surface area contributed by atoms with Crippen LogP contribution in [0.15, 0.2) is 16.5 Å². The van der Waals surface area contributed by atoms with E-state index in [4.69, 9.17) is 9.15 Å². The third kappa shape index (κ3) is 5.35. The molecule has 2 unspecified atom stereocenters. The standard InChI is InChI=1S/C22H36N2O3/c1-16(2)21(25)23-15-19-7-9-22(27-19)10-13-24(14-11-22)12-8-17(3)20-6-5-18(4)26-20/h5-6,16-17,19H,7-15H2,1-4H3,(H,23,25). The number of nitrogens with one attached hydrogen (secondary N) is 1. The van der Waals surface area contributed by atoms with Crippen LogP contribution in [0, 0.1) is 12.8 Å². The predicted octanol–water partition coefficient (Wildman–Crippen LogP) is 3.87. The van der Waals surface area contributed by atoms with Gasteiger partial charge in [0.15, 0.2) is 0 Å². The summed E-state index contributed by atoms with van der Waals surface area (Å²) in [5, 5.41) is 3.02. The molecular formula is C22H36N2O3. The number of aryl methyl sites for hydroxylation is 1. The third-order valence-corrected chi connectivity index (χ3v) is 6.26. The lowest BCUT2D eigenvalue weighted by Gasteiger charge is -2.39. The highest BCUT2D eigenvalue weighted by atomic mass is 16.5. The smallest absolute Gasteiger partial charge is 0.222 e. The largest absolute Gasteiger partial charge is 0.466 e. The maximum absolute atomic E-state index is 11.8. The third-order valence-electron chi connectivity index (χ3n) is 6.26. The molecule has 2 aliphatic rings. The van der Waals surface area contributed by atoms with Gasteiger partial charge in [0.2, 0.25) is 5.91 Å². The van der Waals surface area contributed by atoms with Crippen molar-refractivity contribution in [1.82, 2.24) is 10.2 Å². The van der Waals surface area contributed by atoms with Crippen LogP contribution in [-0.2, 0) is 9.53 Å². The second-order valence-corrected chi connectivity index (χ2v) is 8.84. The summed E-state index contributed by atoms with van der Waals surface area (Å²) in [6.07, 6.45) is 5.72. The van der Waals surface area contributed by atoms with Gasteiger partial charge in [0.1, 0.15) is 11.5 Å². The predicted molar refractivity (Wildman–Crippen MR) is 107 cm³/mol. The number of rotatable bonds is 7. The summed E-state index contributed by atoms with van der Waals surface area (Å²) >= 11 is 0.